The number of amides is 9. The number of nitrogens with one attached hydrogen (secondary N) is 4. The fourth-order valence-corrected chi connectivity index (χ4v) is 12.4. The predicted octanol–water partition coefficient (Wildman–Crippen LogP) is 0.649. The maximum Gasteiger partial charge on any atom is 0.341 e. The van der Waals surface area contributed by atoms with Gasteiger partial charge in [-0.05, 0) is 45.7 Å². The highest BCUT2D eigenvalue weighted by atomic mass is 32.2. The summed E-state index contributed by atoms with van der Waals surface area (Å²) in [5.41, 5.74) is 0.727. The number of fused-ring (bicyclic) bond motifs is 2. The molecule has 5 aliphatic rings. The fourth-order valence-electron chi connectivity index (χ4n) is 8.32. The number of β-lactam (4-membered cyclic amide) rings is 2. The smallest absolute Gasteiger partial charge is 0.341 e. The van der Waals surface area contributed by atoms with Crippen LogP contribution in [-0.4, -0.2) is 145 Å². The van der Waals surface area contributed by atoms with Gasteiger partial charge in [0.15, 0.2) is 0 Å². The second kappa shape index (κ2) is 16.2. The minimum Gasteiger partial charge on any atom is -0.464 e. The van der Waals surface area contributed by atoms with Gasteiger partial charge < -0.3 is 35.8 Å². The molecule has 0 spiro atoms. The average Bonchev–Trinajstić information content (AvgIpc) is 3.82. The standard InChI is InChI=1S/C39H46N8O11S3/c1-7-58-35(53)27-39(4,5)60-34-25(32(52)47(27)34)41-28(48)22(20-14-10-8-11-15-20)40-30(50)26-38(2,3)59-33-24(31(51)46(26)33)42-29(49)23(21-16-12-9-13-17-21)43-36(54)44-18-19-45(37(44)55)61(6,56)57/h8-17,22-27,33-34H,7,18-19H2,1-6H3,(H,40,50)(H,41,48)(H,42,49)(H,43,54)/t22-,23-,24-,25-,26+,27+,33-,34-/m1/s1. The van der Waals surface area contributed by atoms with Crippen LogP contribution < -0.4 is 21.3 Å². The summed E-state index contributed by atoms with van der Waals surface area (Å²) in [5.74, 6) is -3.71. The topological polar surface area (TPSA) is 241 Å². The number of imide groups is 1. The van der Waals surface area contributed by atoms with Crippen molar-refractivity contribution in [3.63, 3.8) is 0 Å². The lowest BCUT2D eigenvalue weighted by molar-refractivity contribution is -0.164. The van der Waals surface area contributed by atoms with Gasteiger partial charge >= 0.3 is 18.0 Å². The zero-order valence-corrected chi connectivity index (χ0v) is 36.5. The molecule has 326 valence electrons. The van der Waals surface area contributed by atoms with Crippen molar-refractivity contribution < 1.29 is 51.5 Å². The van der Waals surface area contributed by atoms with Crippen molar-refractivity contribution in [3.05, 3.63) is 71.8 Å². The Morgan fingerprint density at radius 3 is 1.66 bits per heavy atom. The molecule has 0 radical (unpaired) electrons. The Morgan fingerprint density at radius 1 is 0.738 bits per heavy atom. The van der Waals surface area contributed by atoms with Crippen LogP contribution in [0.1, 0.15) is 57.8 Å². The Hall–Kier alpha value is -5.35. The number of urea groups is 2. The molecule has 0 saturated carbocycles. The summed E-state index contributed by atoms with van der Waals surface area (Å²) in [5, 5.41) is 9.53. The molecule has 2 aromatic carbocycles. The second-order valence-electron chi connectivity index (χ2n) is 16.2. The van der Waals surface area contributed by atoms with E-state index in [-0.39, 0.29) is 19.7 Å². The van der Waals surface area contributed by atoms with Crippen LogP contribution in [0.15, 0.2) is 60.7 Å². The van der Waals surface area contributed by atoms with Crippen LogP contribution in [-0.2, 0) is 43.5 Å². The number of carbonyl (C=O) groups excluding carboxylic acids is 8. The van der Waals surface area contributed by atoms with E-state index in [1.165, 1.54) is 33.3 Å². The van der Waals surface area contributed by atoms with Crippen molar-refractivity contribution >= 4 is 81.1 Å². The number of thioether (sulfide) groups is 2. The third kappa shape index (κ3) is 7.88. The van der Waals surface area contributed by atoms with E-state index in [4.69, 9.17) is 4.74 Å². The van der Waals surface area contributed by atoms with Gasteiger partial charge in [-0.3, -0.25) is 24.0 Å². The number of benzene rings is 2. The minimum atomic E-state index is -3.94. The molecule has 2 aromatic rings. The molecule has 5 aliphatic heterocycles. The number of carbonyl (C=O) groups is 8. The van der Waals surface area contributed by atoms with E-state index in [0.717, 1.165) is 6.26 Å². The third-order valence-electron chi connectivity index (χ3n) is 11.2. The lowest BCUT2D eigenvalue weighted by Gasteiger charge is -2.45. The van der Waals surface area contributed by atoms with E-state index in [1.807, 2.05) is 13.8 Å². The van der Waals surface area contributed by atoms with Gasteiger partial charge in [-0.2, -0.15) is 0 Å². The molecular formula is C39H46N8O11S3. The molecule has 5 saturated heterocycles. The highest BCUT2D eigenvalue weighted by Gasteiger charge is 2.66. The zero-order chi connectivity index (χ0) is 44.3. The van der Waals surface area contributed by atoms with Crippen molar-refractivity contribution in [2.45, 2.75) is 91.1 Å². The zero-order valence-electron chi connectivity index (χ0n) is 34.0. The quantitative estimate of drug-likeness (QED) is 0.169. The first-order valence-electron chi connectivity index (χ1n) is 19.4. The normalized spacial score (nSPS) is 26.9. The van der Waals surface area contributed by atoms with E-state index >= 15 is 0 Å². The van der Waals surface area contributed by atoms with Crippen LogP contribution >= 0.6 is 23.5 Å². The summed E-state index contributed by atoms with van der Waals surface area (Å²) in [6, 6.07) is 7.63. The Balaban J connectivity index is 1.05. The van der Waals surface area contributed by atoms with Gasteiger partial charge in [0.25, 0.3) is 0 Å². The summed E-state index contributed by atoms with van der Waals surface area (Å²) < 4.78 is 28.2. The molecule has 19 nitrogen and oxygen atoms in total. The maximum absolute atomic E-state index is 14.3. The lowest BCUT2D eigenvalue weighted by atomic mass is 9.93. The molecule has 8 atom stereocenters. The van der Waals surface area contributed by atoms with Crippen molar-refractivity contribution in [3.8, 4) is 0 Å². The van der Waals surface area contributed by atoms with E-state index < -0.39 is 114 Å². The number of ether oxygens (including phenoxy) is 1. The lowest BCUT2D eigenvalue weighted by Crippen LogP contribution is -2.72. The van der Waals surface area contributed by atoms with Crippen LogP contribution in [0.4, 0.5) is 9.59 Å². The Bertz CT molecular complexity index is 2280. The van der Waals surface area contributed by atoms with Gasteiger partial charge in [0.2, 0.25) is 39.6 Å². The predicted molar refractivity (Wildman–Crippen MR) is 221 cm³/mol. The highest BCUT2D eigenvalue weighted by molar-refractivity contribution is 8.02. The maximum atomic E-state index is 14.3. The molecule has 7 rings (SSSR count). The molecule has 0 unspecified atom stereocenters. The molecular weight excluding hydrogens is 853 g/mol. The number of esters is 1. The number of hydrogen-bond donors (Lipinski definition) is 4. The van der Waals surface area contributed by atoms with Crippen LogP contribution in [0, 0.1) is 0 Å². The summed E-state index contributed by atoms with van der Waals surface area (Å²) in [6.07, 6.45) is 0.840. The molecule has 5 fully saturated rings. The van der Waals surface area contributed by atoms with Crippen molar-refractivity contribution in [2.24, 2.45) is 0 Å². The van der Waals surface area contributed by atoms with Crippen molar-refractivity contribution in [1.82, 2.24) is 40.3 Å². The molecule has 0 aliphatic carbocycles. The molecule has 9 amide bonds. The van der Waals surface area contributed by atoms with E-state index in [9.17, 15) is 46.8 Å². The minimum absolute atomic E-state index is 0.144. The van der Waals surface area contributed by atoms with Crippen LogP contribution in [0.3, 0.4) is 0 Å². The first kappa shape index (κ1) is 43.7. The summed E-state index contributed by atoms with van der Waals surface area (Å²) >= 11 is 2.62. The number of nitrogens with zero attached hydrogens (tertiary/aromatic N) is 4. The van der Waals surface area contributed by atoms with E-state index in [2.05, 4.69) is 21.3 Å². The summed E-state index contributed by atoms with van der Waals surface area (Å²) in [4.78, 5) is 112. The Morgan fingerprint density at radius 2 is 1.20 bits per heavy atom. The number of hydrogen-bond acceptors (Lipinski definition) is 13. The largest absolute Gasteiger partial charge is 0.464 e. The van der Waals surface area contributed by atoms with Gasteiger partial charge in [-0.15, -0.1) is 23.5 Å². The van der Waals surface area contributed by atoms with Crippen molar-refractivity contribution in [1.29, 1.82) is 0 Å². The van der Waals surface area contributed by atoms with Crippen LogP contribution in [0.2, 0.25) is 0 Å². The second-order valence-corrected chi connectivity index (χ2v) is 21.6. The van der Waals surface area contributed by atoms with Gasteiger partial charge in [-0.25, -0.2) is 32.0 Å². The molecule has 61 heavy (non-hydrogen) atoms. The SMILES string of the molecule is CCOC(=O)[C@@H]1N2C(=O)[C@@H](NC(=O)[C@H](NC(=O)[C@@H]3N4C(=O)[C@@H](NC(=O)[C@H](NC(=O)N5CCN(S(C)(=O)=O)C5=O)c5ccccc5)[C@H]4SC3(C)C)c3ccccc3)[C@H]2SC1(C)C. The van der Waals surface area contributed by atoms with E-state index in [0.29, 0.717) is 20.3 Å². The highest BCUT2D eigenvalue weighted by Crippen LogP contribution is 2.52. The average molecular weight is 899 g/mol. The molecule has 5 heterocycles. The molecule has 22 heteroatoms. The molecule has 0 aromatic heterocycles. The number of rotatable bonds is 12. The van der Waals surface area contributed by atoms with E-state index in [1.54, 1.807) is 81.4 Å². The fraction of sp³-hybridized carbons (Fsp3) is 0.487. The van der Waals surface area contributed by atoms with Gasteiger partial charge in [-0.1, -0.05) is 60.7 Å². The monoisotopic (exact) mass is 898 g/mol. The third-order valence-corrected chi connectivity index (χ3v) is 15.5. The first-order valence-corrected chi connectivity index (χ1v) is 23.1. The summed E-state index contributed by atoms with van der Waals surface area (Å²) in [6.45, 7) is 8.49. The summed E-state index contributed by atoms with van der Waals surface area (Å²) in [7, 11) is -3.94. The number of sulfonamides is 1. The Labute approximate surface area is 360 Å². The van der Waals surface area contributed by atoms with Crippen molar-refractivity contribution in [2.75, 3.05) is 26.0 Å². The van der Waals surface area contributed by atoms with Gasteiger partial charge in [0.1, 0.15) is 47.0 Å². The van der Waals surface area contributed by atoms with Gasteiger partial charge in [0, 0.05) is 9.49 Å². The van der Waals surface area contributed by atoms with Gasteiger partial charge in [0.05, 0.1) is 26.0 Å². The molecule has 4 N–H and O–H groups in total. The van der Waals surface area contributed by atoms with Crippen LogP contribution in [0.5, 0.6) is 0 Å². The molecule has 0 bridgehead atoms. The van der Waals surface area contributed by atoms with Crippen LogP contribution in [0.25, 0.3) is 0 Å². The first-order chi connectivity index (χ1) is 28.7. The Kier molecular flexibility index (Phi) is 11.6.